The molecule has 0 unspecified atom stereocenters. The van der Waals surface area contributed by atoms with Gasteiger partial charge in [-0.05, 0) is 28.9 Å². The third kappa shape index (κ3) is 1.94. The normalized spacial score (nSPS) is 10.6. The number of nitrogens with zero attached hydrogens (tertiary/aromatic N) is 1. The largest absolute Gasteiger partial charge is 0.492 e. The lowest BCUT2D eigenvalue weighted by Gasteiger charge is -2.07. The number of halogens is 2. The second kappa shape index (κ2) is 4.37. The molecule has 0 saturated carbocycles. The Morgan fingerprint density at radius 2 is 2.27 bits per heavy atom. The van der Waals surface area contributed by atoms with Gasteiger partial charge in [-0.15, -0.1) is 0 Å². The van der Waals surface area contributed by atoms with Crippen LogP contribution in [0.1, 0.15) is 6.92 Å². The van der Waals surface area contributed by atoms with Crippen LogP contribution >= 0.6 is 27.5 Å². The van der Waals surface area contributed by atoms with Crippen LogP contribution in [-0.4, -0.2) is 11.6 Å². The first-order valence-corrected chi connectivity index (χ1v) is 5.76. The molecule has 0 amide bonds. The van der Waals surface area contributed by atoms with E-state index in [-0.39, 0.29) is 0 Å². The molecule has 2 nitrogen and oxygen atoms in total. The van der Waals surface area contributed by atoms with Crippen molar-refractivity contribution >= 4 is 38.4 Å². The summed E-state index contributed by atoms with van der Waals surface area (Å²) in [5.74, 6) is 0.768. The van der Waals surface area contributed by atoms with Crippen molar-refractivity contribution in [3.8, 4) is 5.75 Å². The molecule has 0 atom stereocenters. The van der Waals surface area contributed by atoms with Crippen molar-refractivity contribution in [1.82, 2.24) is 4.98 Å². The van der Waals surface area contributed by atoms with E-state index >= 15 is 0 Å². The van der Waals surface area contributed by atoms with Gasteiger partial charge in [-0.1, -0.05) is 23.7 Å². The lowest BCUT2D eigenvalue weighted by Crippen LogP contribution is -1.93. The molecule has 1 aromatic carbocycles. The molecule has 0 bridgehead atoms. The molecule has 0 aliphatic rings. The molecule has 2 aromatic rings. The van der Waals surface area contributed by atoms with Crippen molar-refractivity contribution < 1.29 is 4.74 Å². The third-order valence-electron chi connectivity index (χ3n) is 2.05. The Morgan fingerprint density at radius 3 is 3.00 bits per heavy atom. The average Bonchev–Trinajstić information content (AvgIpc) is 2.25. The molecule has 4 heteroatoms. The third-order valence-corrected chi connectivity index (χ3v) is 3.29. The molecule has 1 heterocycles. The number of fused-ring (bicyclic) bond motifs is 1. The van der Waals surface area contributed by atoms with Gasteiger partial charge in [0.2, 0.25) is 0 Å². The fraction of sp³-hybridized carbons (Fsp3) is 0.182. The summed E-state index contributed by atoms with van der Waals surface area (Å²) in [6.45, 7) is 2.56. The Bertz CT molecular complexity index is 501. The number of para-hydroxylation sites is 1. The summed E-state index contributed by atoms with van der Waals surface area (Å²) in [7, 11) is 0. The molecule has 78 valence electrons. The molecule has 15 heavy (non-hydrogen) atoms. The Morgan fingerprint density at radius 1 is 1.47 bits per heavy atom. The van der Waals surface area contributed by atoms with E-state index < -0.39 is 0 Å². The summed E-state index contributed by atoms with van der Waals surface area (Å²) < 4.78 is 6.27. The molecule has 0 aliphatic carbocycles. The highest BCUT2D eigenvalue weighted by Gasteiger charge is 2.08. The van der Waals surface area contributed by atoms with Gasteiger partial charge in [0.15, 0.2) is 0 Å². The highest BCUT2D eigenvalue weighted by Crippen LogP contribution is 2.33. The van der Waals surface area contributed by atoms with Crippen LogP contribution in [0.4, 0.5) is 0 Å². The van der Waals surface area contributed by atoms with Crippen molar-refractivity contribution in [2.45, 2.75) is 6.92 Å². The minimum absolute atomic E-state index is 0.620. The summed E-state index contributed by atoms with van der Waals surface area (Å²) >= 11 is 9.50. The van der Waals surface area contributed by atoms with Crippen LogP contribution < -0.4 is 4.74 Å². The molecule has 0 radical (unpaired) electrons. The summed E-state index contributed by atoms with van der Waals surface area (Å²) in [5, 5.41) is 1.57. The van der Waals surface area contributed by atoms with Crippen molar-refractivity contribution in [3.63, 3.8) is 0 Å². The highest BCUT2D eigenvalue weighted by atomic mass is 79.9. The molecule has 0 fully saturated rings. The van der Waals surface area contributed by atoms with E-state index in [0.29, 0.717) is 11.6 Å². The number of ether oxygens (including phenoxy) is 1. The SMILES string of the molecule is CCOc1cccc2c(Cl)c(Br)cnc12. The molecular weight excluding hydrogens is 277 g/mol. The van der Waals surface area contributed by atoms with E-state index in [1.165, 1.54) is 0 Å². The van der Waals surface area contributed by atoms with Crippen LogP contribution in [0.15, 0.2) is 28.9 Å². The highest BCUT2D eigenvalue weighted by molar-refractivity contribution is 9.10. The zero-order chi connectivity index (χ0) is 10.8. The Labute approximate surface area is 101 Å². The fourth-order valence-corrected chi connectivity index (χ4v) is 1.93. The van der Waals surface area contributed by atoms with Gasteiger partial charge in [0.25, 0.3) is 0 Å². The summed E-state index contributed by atoms with van der Waals surface area (Å²) in [6, 6.07) is 5.73. The number of pyridine rings is 1. The van der Waals surface area contributed by atoms with Crippen molar-refractivity contribution in [3.05, 3.63) is 33.9 Å². The van der Waals surface area contributed by atoms with Crippen molar-refractivity contribution in [1.29, 1.82) is 0 Å². The van der Waals surface area contributed by atoms with Gasteiger partial charge in [-0.25, -0.2) is 0 Å². The van der Waals surface area contributed by atoms with E-state index in [4.69, 9.17) is 16.3 Å². The van der Waals surface area contributed by atoms with Gasteiger partial charge in [-0.3, -0.25) is 4.98 Å². The van der Waals surface area contributed by atoms with Crippen LogP contribution in [0.2, 0.25) is 5.02 Å². The van der Waals surface area contributed by atoms with Gasteiger partial charge in [0.05, 0.1) is 16.1 Å². The molecule has 0 saturated heterocycles. The monoisotopic (exact) mass is 285 g/mol. The first kappa shape index (κ1) is 10.7. The standard InChI is InChI=1S/C11H9BrClNO/c1-2-15-9-5-3-4-7-10(13)8(12)6-14-11(7)9/h3-6H,2H2,1H3. The Balaban J connectivity index is 2.72. The zero-order valence-electron chi connectivity index (χ0n) is 8.13. The van der Waals surface area contributed by atoms with Crippen LogP contribution in [0, 0.1) is 0 Å². The molecular formula is C11H9BrClNO. The van der Waals surface area contributed by atoms with Crippen LogP contribution in [0.25, 0.3) is 10.9 Å². The maximum atomic E-state index is 6.16. The lowest BCUT2D eigenvalue weighted by atomic mass is 10.2. The smallest absolute Gasteiger partial charge is 0.145 e. The maximum absolute atomic E-state index is 6.16. The van der Waals surface area contributed by atoms with E-state index in [2.05, 4.69) is 20.9 Å². The van der Waals surface area contributed by atoms with Crippen molar-refractivity contribution in [2.24, 2.45) is 0 Å². The molecule has 0 spiro atoms. The number of hydrogen-bond donors (Lipinski definition) is 0. The molecule has 0 aliphatic heterocycles. The van der Waals surface area contributed by atoms with Crippen LogP contribution in [-0.2, 0) is 0 Å². The minimum atomic E-state index is 0.620. The zero-order valence-corrected chi connectivity index (χ0v) is 10.5. The predicted molar refractivity (Wildman–Crippen MR) is 65.6 cm³/mol. The summed E-state index contributed by atoms with van der Waals surface area (Å²) in [6.07, 6.45) is 1.69. The van der Waals surface area contributed by atoms with Gasteiger partial charge in [-0.2, -0.15) is 0 Å². The second-order valence-corrected chi connectivity index (χ2v) is 4.24. The number of benzene rings is 1. The Hall–Kier alpha value is -0.800. The number of rotatable bonds is 2. The van der Waals surface area contributed by atoms with Gasteiger partial charge >= 0.3 is 0 Å². The van der Waals surface area contributed by atoms with Gasteiger partial charge in [0.1, 0.15) is 11.3 Å². The van der Waals surface area contributed by atoms with Crippen molar-refractivity contribution in [2.75, 3.05) is 6.61 Å². The van der Waals surface area contributed by atoms with Crippen LogP contribution in [0.5, 0.6) is 5.75 Å². The quantitative estimate of drug-likeness (QED) is 0.831. The van der Waals surface area contributed by atoms with E-state index in [1.807, 2.05) is 25.1 Å². The van der Waals surface area contributed by atoms with Gasteiger partial charge in [0, 0.05) is 11.6 Å². The molecule has 1 aromatic heterocycles. The van der Waals surface area contributed by atoms with Crippen LogP contribution in [0.3, 0.4) is 0 Å². The predicted octanol–water partition coefficient (Wildman–Crippen LogP) is 4.05. The van der Waals surface area contributed by atoms with E-state index in [9.17, 15) is 0 Å². The fourth-order valence-electron chi connectivity index (χ4n) is 1.41. The molecule has 0 N–H and O–H groups in total. The number of aromatic nitrogens is 1. The first-order chi connectivity index (χ1) is 7.24. The van der Waals surface area contributed by atoms with Gasteiger partial charge < -0.3 is 4.74 Å². The average molecular weight is 287 g/mol. The topological polar surface area (TPSA) is 22.1 Å². The maximum Gasteiger partial charge on any atom is 0.145 e. The number of hydrogen-bond acceptors (Lipinski definition) is 2. The first-order valence-electron chi connectivity index (χ1n) is 4.59. The van der Waals surface area contributed by atoms with E-state index in [1.54, 1.807) is 6.20 Å². The summed E-state index contributed by atoms with van der Waals surface area (Å²) in [4.78, 5) is 4.30. The second-order valence-electron chi connectivity index (χ2n) is 3.01. The summed E-state index contributed by atoms with van der Waals surface area (Å²) in [5.41, 5.74) is 0.799. The molecule has 2 rings (SSSR count). The minimum Gasteiger partial charge on any atom is -0.492 e. The van der Waals surface area contributed by atoms with E-state index in [0.717, 1.165) is 21.1 Å². The lowest BCUT2D eigenvalue weighted by molar-refractivity contribution is 0.343. The Kier molecular flexibility index (Phi) is 3.12.